The minimum absolute atomic E-state index is 0.522. The van der Waals surface area contributed by atoms with Gasteiger partial charge in [-0.3, -0.25) is 0 Å². The van der Waals surface area contributed by atoms with Crippen LogP contribution in [0.5, 0.6) is 5.75 Å². The summed E-state index contributed by atoms with van der Waals surface area (Å²) in [4.78, 5) is 4.73. The number of rotatable bonds is 5. The molecule has 0 atom stereocenters. The molecule has 0 saturated heterocycles. The van der Waals surface area contributed by atoms with E-state index >= 15 is 0 Å². The predicted octanol–water partition coefficient (Wildman–Crippen LogP) is 4.12. The topological polar surface area (TPSA) is 48.1 Å². The summed E-state index contributed by atoms with van der Waals surface area (Å²) in [6, 6.07) is 16.4. The molecule has 0 amide bonds. The van der Waals surface area contributed by atoms with E-state index < -0.39 is 0 Å². The van der Waals surface area contributed by atoms with E-state index in [1.807, 2.05) is 24.3 Å². The summed E-state index contributed by atoms with van der Waals surface area (Å²) in [6.45, 7) is 3.15. The van der Waals surface area contributed by atoms with E-state index in [1.165, 1.54) is 5.56 Å². The molecule has 0 aliphatic heterocycles. The molecular weight excluding hydrogens is 292 g/mol. The third-order valence-corrected chi connectivity index (χ3v) is 4.23. The summed E-state index contributed by atoms with van der Waals surface area (Å²) < 4.78 is 5.49. The van der Waals surface area contributed by atoms with E-state index in [4.69, 9.17) is 15.5 Å². The number of hydrogen-bond donors (Lipinski definition) is 1. The second-order valence-corrected chi connectivity index (χ2v) is 5.92. The van der Waals surface area contributed by atoms with Crippen LogP contribution in [0, 0.1) is 6.92 Å². The second kappa shape index (κ2) is 6.73. The van der Waals surface area contributed by atoms with Crippen molar-refractivity contribution in [3.05, 3.63) is 59.5 Å². The van der Waals surface area contributed by atoms with Crippen LogP contribution in [0.3, 0.4) is 0 Å². The standard InChI is InChI=1S/C18H18N2OS/c1-13-2-4-14(5-3-13)17-12-22-18(20-17)15-6-8-16(9-7-15)21-11-10-19/h2-9,12H,10-11,19H2,1H3. The fraction of sp³-hybridized carbons (Fsp3) is 0.167. The minimum atomic E-state index is 0.522. The molecule has 0 bridgehead atoms. The Morgan fingerprint density at radius 3 is 2.36 bits per heavy atom. The van der Waals surface area contributed by atoms with Gasteiger partial charge in [0, 0.05) is 23.1 Å². The van der Waals surface area contributed by atoms with E-state index in [1.54, 1.807) is 11.3 Å². The van der Waals surface area contributed by atoms with Crippen LogP contribution in [0.15, 0.2) is 53.9 Å². The SMILES string of the molecule is Cc1ccc(-c2csc(-c3ccc(OCCN)cc3)n2)cc1. The lowest BCUT2D eigenvalue weighted by Crippen LogP contribution is -2.10. The number of thiazole rings is 1. The summed E-state index contributed by atoms with van der Waals surface area (Å²) in [5.41, 5.74) is 9.95. The minimum Gasteiger partial charge on any atom is -0.492 e. The first kappa shape index (κ1) is 14.8. The van der Waals surface area contributed by atoms with Gasteiger partial charge >= 0.3 is 0 Å². The van der Waals surface area contributed by atoms with Crippen molar-refractivity contribution in [3.8, 4) is 27.6 Å². The maximum Gasteiger partial charge on any atom is 0.124 e. The first-order valence-corrected chi connectivity index (χ1v) is 8.10. The Labute approximate surface area is 134 Å². The van der Waals surface area contributed by atoms with E-state index in [-0.39, 0.29) is 0 Å². The molecule has 22 heavy (non-hydrogen) atoms. The molecule has 0 unspecified atom stereocenters. The molecule has 1 heterocycles. The highest BCUT2D eigenvalue weighted by Crippen LogP contribution is 2.30. The van der Waals surface area contributed by atoms with Crippen molar-refractivity contribution in [2.24, 2.45) is 5.73 Å². The molecule has 3 nitrogen and oxygen atoms in total. The van der Waals surface area contributed by atoms with Gasteiger partial charge in [0.1, 0.15) is 17.4 Å². The van der Waals surface area contributed by atoms with Gasteiger partial charge in [-0.05, 0) is 31.2 Å². The zero-order valence-corrected chi connectivity index (χ0v) is 13.3. The maximum absolute atomic E-state index is 5.49. The normalized spacial score (nSPS) is 10.6. The summed E-state index contributed by atoms with van der Waals surface area (Å²) >= 11 is 1.65. The molecule has 2 N–H and O–H groups in total. The Hall–Kier alpha value is -2.17. The van der Waals surface area contributed by atoms with Gasteiger partial charge in [-0.15, -0.1) is 11.3 Å². The van der Waals surface area contributed by atoms with Gasteiger partial charge in [0.2, 0.25) is 0 Å². The largest absolute Gasteiger partial charge is 0.492 e. The van der Waals surface area contributed by atoms with Crippen molar-refractivity contribution in [2.45, 2.75) is 6.92 Å². The van der Waals surface area contributed by atoms with E-state index in [0.29, 0.717) is 13.2 Å². The number of ether oxygens (including phenoxy) is 1. The van der Waals surface area contributed by atoms with Gasteiger partial charge < -0.3 is 10.5 Å². The van der Waals surface area contributed by atoms with Crippen molar-refractivity contribution in [2.75, 3.05) is 13.2 Å². The molecule has 0 fully saturated rings. The van der Waals surface area contributed by atoms with Gasteiger partial charge in [-0.25, -0.2) is 4.98 Å². The number of aromatic nitrogens is 1. The van der Waals surface area contributed by atoms with Crippen molar-refractivity contribution >= 4 is 11.3 Å². The van der Waals surface area contributed by atoms with E-state index in [0.717, 1.165) is 27.6 Å². The third-order valence-electron chi connectivity index (χ3n) is 3.34. The average molecular weight is 310 g/mol. The Morgan fingerprint density at radius 2 is 1.68 bits per heavy atom. The van der Waals surface area contributed by atoms with Crippen molar-refractivity contribution in [3.63, 3.8) is 0 Å². The zero-order valence-electron chi connectivity index (χ0n) is 12.5. The van der Waals surface area contributed by atoms with Crippen LogP contribution >= 0.6 is 11.3 Å². The van der Waals surface area contributed by atoms with Gasteiger partial charge in [0.15, 0.2) is 0 Å². The van der Waals surface area contributed by atoms with E-state index in [9.17, 15) is 0 Å². The molecular formula is C18H18N2OS. The van der Waals surface area contributed by atoms with Crippen LogP contribution in [0.2, 0.25) is 0 Å². The molecule has 0 radical (unpaired) electrons. The highest BCUT2D eigenvalue weighted by molar-refractivity contribution is 7.13. The number of benzene rings is 2. The van der Waals surface area contributed by atoms with Crippen LogP contribution in [-0.2, 0) is 0 Å². The Balaban J connectivity index is 1.79. The van der Waals surface area contributed by atoms with Crippen molar-refractivity contribution in [1.82, 2.24) is 4.98 Å². The lowest BCUT2D eigenvalue weighted by Gasteiger charge is -2.04. The Morgan fingerprint density at radius 1 is 1.00 bits per heavy atom. The highest BCUT2D eigenvalue weighted by atomic mass is 32.1. The quantitative estimate of drug-likeness (QED) is 0.771. The average Bonchev–Trinajstić information content (AvgIpc) is 3.04. The smallest absolute Gasteiger partial charge is 0.124 e. The Kier molecular flexibility index (Phi) is 4.51. The molecule has 0 saturated carbocycles. The molecule has 2 aromatic carbocycles. The second-order valence-electron chi connectivity index (χ2n) is 5.07. The molecule has 0 aliphatic carbocycles. The molecule has 1 aromatic heterocycles. The van der Waals surface area contributed by atoms with Crippen LogP contribution in [0.4, 0.5) is 0 Å². The number of hydrogen-bond acceptors (Lipinski definition) is 4. The Bertz CT molecular complexity index is 733. The first-order valence-electron chi connectivity index (χ1n) is 7.22. The van der Waals surface area contributed by atoms with Crippen LogP contribution < -0.4 is 10.5 Å². The summed E-state index contributed by atoms with van der Waals surface area (Å²) in [6.07, 6.45) is 0. The monoisotopic (exact) mass is 310 g/mol. The highest BCUT2D eigenvalue weighted by Gasteiger charge is 2.07. The molecule has 3 rings (SSSR count). The van der Waals surface area contributed by atoms with Gasteiger partial charge in [0.05, 0.1) is 5.69 Å². The summed E-state index contributed by atoms with van der Waals surface area (Å²) in [5.74, 6) is 0.838. The molecule has 112 valence electrons. The van der Waals surface area contributed by atoms with Crippen LogP contribution in [0.1, 0.15) is 5.56 Å². The first-order chi connectivity index (χ1) is 10.8. The fourth-order valence-corrected chi connectivity index (χ4v) is 2.97. The van der Waals surface area contributed by atoms with Crippen molar-refractivity contribution in [1.29, 1.82) is 0 Å². The lowest BCUT2D eigenvalue weighted by molar-refractivity contribution is 0.328. The molecule has 3 aromatic rings. The van der Waals surface area contributed by atoms with Gasteiger partial charge in [0.25, 0.3) is 0 Å². The van der Waals surface area contributed by atoms with Crippen LogP contribution in [-0.4, -0.2) is 18.1 Å². The number of nitrogens with two attached hydrogens (primary N) is 1. The summed E-state index contributed by atoms with van der Waals surface area (Å²) in [7, 11) is 0. The van der Waals surface area contributed by atoms with Gasteiger partial charge in [-0.1, -0.05) is 29.8 Å². The van der Waals surface area contributed by atoms with E-state index in [2.05, 4.69) is 36.6 Å². The molecule has 4 heteroatoms. The maximum atomic E-state index is 5.49. The van der Waals surface area contributed by atoms with Gasteiger partial charge in [-0.2, -0.15) is 0 Å². The third kappa shape index (κ3) is 3.35. The number of aryl methyl sites for hydroxylation is 1. The fourth-order valence-electron chi connectivity index (χ4n) is 2.13. The predicted molar refractivity (Wildman–Crippen MR) is 92.3 cm³/mol. The molecule has 0 aliphatic rings. The zero-order chi connectivity index (χ0) is 15.4. The lowest BCUT2D eigenvalue weighted by atomic mass is 10.1. The van der Waals surface area contributed by atoms with Crippen molar-refractivity contribution < 1.29 is 4.74 Å². The van der Waals surface area contributed by atoms with Crippen LogP contribution in [0.25, 0.3) is 21.8 Å². The summed E-state index contributed by atoms with van der Waals surface area (Å²) in [5, 5.41) is 3.11. The molecule has 0 spiro atoms. The number of nitrogens with zero attached hydrogens (tertiary/aromatic N) is 1.